The van der Waals surface area contributed by atoms with E-state index in [-0.39, 0.29) is 18.0 Å². The molecule has 0 aliphatic heterocycles. The maximum Gasteiger partial charge on any atom is 0.263 e. The summed E-state index contributed by atoms with van der Waals surface area (Å²) in [5.74, 6) is -0.361. The molecule has 2 aromatic carbocycles. The van der Waals surface area contributed by atoms with Crippen molar-refractivity contribution in [2.45, 2.75) is 13.5 Å². The molecule has 1 N–H and O–H groups in total. The molecule has 0 bridgehead atoms. The zero-order valence-corrected chi connectivity index (χ0v) is 17.6. The van der Waals surface area contributed by atoms with Crippen LogP contribution in [0, 0.1) is 6.92 Å². The van der Waals surface area contributed by atoms with Crippen LogP contribution < -0.4 is 10.9 Å². The van der Waals surface area contributed by atoms with E-state index in [0.29, 0.717) is 25.9 Å². The Morgan fingerprint density at radius 1 is 1.14 bits per heavy atom. The molecule has 0 aliphatic rings. The van der Waals surface area contributed by atoms with E-state index in [1.54, 1.807) is 18.2 Å². The van der Waals surface area contributed by atoms with Crippen molar-refractivity contribution in [3.63, 3.8) is 0 Å². The molecule has 4 aromatic rings. The van der Waals surface area contributed by atoms with Crippen LogP contribution >= 0.6 is 34.5 Å². The molecule has 1 amide bonds. The second kappa shape index (κ2) is 7.99. The second-order valence-electron chi connectivity index (χ2n) is 6.43. The summed E-state index contributed by atoms with van der Waals surface area (Å²) in [6, 6.07) is 14.5. The highest BCUT2D eigenvalue weighted by molar-refractivity contribution is 7.19. The quantitative estimate of drug-likeness (QED) is 0.460. The molecule has 0 radical (unpaired) electrons. The maximum atomic E-state index is 13.1. The molecular weight excluding hydrogens is 429 g/mol. The van der Waals surface area contributed by atoms with Crippen LogP contribution in [0.1, 0.15) is 4.88 Å². The summed E-state index contributed by atoms with van der Waals surface area (Å²) in [6.07, 6.45) is 1.41. The largest absolute Gasteiger partial charge is 0.324 e. The molecule has 146 valence electrons. The van der Waals surface area contributed by atoms with Crippen molar-refractivity contribution in [2.75, 3.05) is 5.32 Å². The number of amides is 1. The first kappa shape index (κ1) is 19.6. The first-order valence-corrected chi connectivity index (χ1v) is 10.3. The van der Waals surface area contributed by atoms with Gasteiger partial charge in [0.05, 0.1) is 21.8 Å². The van der Waals surface area contributed by atoms with Gasteiger partial charge >= 0.3 is 0 Å². The monoisotopic (exact) mass is 443 g/mol. The average molecular weight is 444 g/mol. The lowest BCUT2D eigenvalue weighted by Crippen LogP contribution is -2.27. The zero-order chi connectivity index (χ0) is 20.5. The van der Waals surface area contributed by atoms with Crippen LogP contribution in [0.4, 0.5) is 5.69 Å². The Labute approximate surface area is 180 Å². The summed E-state index contributed by atoms with van der Waals surface area (Å²) >= 11 is 13.3. The molecule has 8 heteroatoms. The van der Waals surface area contributed by atoms with Gasteiger partial charge in [0, 0.05) is 16.1 Å². The van der Waals surface area contributed by atoms with Gasteiger partial charge in [-0.25, -0.2) is 4.98 Å². The number of carbonyl (C=O) groups is 1. The smallest absolute Gasteiger partial charge is 0.263 e. The lowest BCUT2D eigenvalue weighted by Gasteiger charge is -2.09. The molecule has 29 heavy (non-hydrogen) atoms. The van der Waals surface area contributed by atoms with Crippen molar-refractivity contribution in [1.29, 1.82) is 0 Å². The lowest BCUT2D eigenvalue weighted by atomic mass is 10.0. The highest BCUT2D eigenvalue weighted by atomic mass is 35.5. The molecule has 5 nitrogen and oxygen atoms in total. The van der Waals surface area contributed by atoms with Gasteiger partial charge in [-0.1, -0.05) is 53.5 Å². The maximum absolute atomic E-state index is 13.1. The van der Waals surface area contributed by atoms with Gasteiger partial charge < -0.3 is 5.32 Å². The zero-order valence-electron chi connectivity index (χ0n) is 15.3. The number of fused-ring (bicyclic) bond motifs is 1. The number of aryl methyl sites for hydroxylation is 1. The number of nitrogens with one attached hydrogen (secondary N) is 1. The third-order valence-electron chi connectivity index (χ3n) is 4.43. The van der Waals surface area contributed by atoms with E-state index in [9.17, 15) is 9.59 Å². The van der Waals surface area contributed by atoms with Crippen molar-refractivity contribution in [2.24, 2.45) is 0 Å². The number of aromatic nitrogens is 2. The van der Waals surface area contributed by atoms with Gasteiger partial charge in [0.15, 0.2) is 0 Å². The van der Waals surface area contributed by atoms with Crippen molar-refractivity contribution >= 4 is 56.3 Å². The van der Waals surface area contributed by atoms with Gasteiger partial charge in [-0.3, -0.25) is 14.2 Å². The van der Waals surface area contributed by atoms with E-state index < -0.39 is 0 Å². The summed E-state index contributed by atoms with van der Waals surface area (Å²) in [5.41, 5.74) is 2.07. The third kappa shape index (κ3) is 3.92. The van der Waals surface area contributed by atoms with Crippen LogP contribution in [0.5, 0.6) is 0 Å². The minimum Gasteiger partial charge on any atom is -0.324 e. The number of anilines is 1. The van der Waals surface area contributed by atoms with Crippen LogP contribution in [-0.4, -0.2) is 15.5 Å². The van der Waals surface area contributed by atoms with Gasteiger partial charge in [0.2, 0.25) is 5.91 Å². The Morgan fingerprint density at radius 2 is 1.90 bits per heavy atom. The minimum atomic E-state index is -0.361. The number of thiophene rings is 1. The number of rotatable bonds is 4. The summed E-state index contributed by atoms with van der Waals surface area (Å²) in [4.78, 5) is 31.7. The van der Waals surface area contributed by atoms with E-state index in [2.05, 4.69) is 10.3 Å². The van der Waals surface area contributed by atoms with Gasteiger partial charge in [0.25, 0.3) is 5.56 Å². The normalized spacial score (nSPS) is 11.0. The Hall–Kier alpha value is -2.67. The van der Waals surface area contributed by atoms with Gasteiger partial charge in [-0.2, -0.15) is 0 Å². The predicted molar refractivity (Wildman–Crippen MR) is 119 cm³/mol. The predicted octanol–water partition coefficient (Wildman–Crippen LogP) is 5.38. The molecule has 2 heterocycles. The van der Waals surface area contributed by atoms with E-state index in [1.165, 1.54) is 22.2 Å². The number of hydrogen-bond acceptors (Lipinski definition) is 4. The number of hydrogen-bond donors (Lipinski definition) is 1. The molecule has 2 aromatic heterocycles. The molecule has 4 rings (SSSR count). The standard InChI is InChI=1S/C21H15Cl2N3O2S/c1-12-18(13-5-3-2-4-6-13)19-20(29-12)24-11-26(21(19)28)10-17(27)25-14-7-8-15(22)16(23)9-14/h2-9,11H,10H2,1H3,(H,25,27). The van der Waals surface area contributed by atoms with Gasteiger partial charge in [0.1, 0.15) is 11.4 Å². The Morgan fingerprint density at radius 3 is 2.62 bits per heavy atom. The topological polar surface area (TPSA) is 64.0 Å². The van der Waals surface area contributed by atoms with Crippen molar-refractivity contribution in [1.82, 2.24) is 9.55 Å². The van der Waals surface area contributed by atoms with Crippen LogP contribution in [0.3, 0.4) is 0 Å². The second-order valence-corrected chi connectivity index (χ2v) is 8.45. The highest BCUT2D eigenvalue weighted by Crippen LogP contribution is 2.35. The Balaban J connectivity index is 1.68. The molecule has 0 fully saturated rings. The molecule has 0 unspecified atom stereocenters. The molecule has 0 spiro atoms. The summed E-state index contributed by atoms with van der Waals surface area (Å²) in [5, 5.41) is 3.99. The van der Waals surface area contributed by atoms with E-state index >= 15 is 0 Å². The Bertz CT molecular complexity index is 1280. The number of halogens is 2. The molecule has 0 atom stereocenters. The fourth-order valence-electron chi connectivity index (χ4n) is 3.13. The summed E-state index contributed by atoms with van der Waals surface area (Å²) < 4.78 is 1.31. The van der Waals surface area contributed by atoms with Crippen molar-refractivity contribution in [3.05, 3.63) is 80.1 Å². The molecule has 0 aliphatic carbocycles. The van der Waals surface area contributed by atoms with Crippen molar-refractivity contribution < 1.29 is 4.79 Å². The third-order valence-corrected chi connectivity index (χ3v) is 6.19. The summed E-state index contributed by atoms with van der Waals surface area (Å²) in [6.45, 7) is 1.81. The SMILES string of the molecule is Cc1sc2ncn(CC(=O)Nc3ccc(Cl)c(Cl)c3)c(=O)c2c1-c1ccccc1. The van der Waals surface area contributed by atoms with Gasteiger partial charge in [-0.05, 0) is 30.7 Å². The first-order chi connectivity index (χ1) is 13.9. The number of benzene rings is 2. The Kier molecular flexibility index (Phi) is 5.41. The van der Waals surface area contributed by atoms with E-state index in [1.807, 2.05) is 37.3 Å². The van der Waals surface area contributed by atoms with Crippen LogP contribution in [0.2, 0.25) is 10.0 Å². The van der Waals surface area contributed by atoms with Gasteiger partial charge in [-0.15, -0.1) is 11.3 Å². The van der Waals surface area contributed by atoms with E-state index in [0.717, 1.165) is 16.0 Å². The minimum absolute atomic E-state index is 0.162. The van der Waals surface area contributed by atoms with Crippen LogP contribution in [0.15, 0.2) is 59.7 Å². The summed E-state index contributed by atoms with van der Waals surface area (Å²) in [7, 11) is 0. The molecular formula is C21H15Cl2N3O2S. The molecule has 0 saturated heterocycles. The fraction of sp³-hybridized carbons (Fsp3) is 0.0952. The first-order valence-electron chi connectivity index (χ1n) is 8.73. The average Bonchev–Trinajstić information content (AvgIpc) is 3.04. The number of carbonyl (C=O) groups excluding carboxylic acids is 1. The van der Waals surface area contributed by atoms with E-state index in [4.69, 9.17) is 23.2 Å². The number of nitrogens with zero attached hydrogens (tertiary/aromatic N) is 2. The van der Waals surface area contributed by atoms with Crippen molar-refractivity contribution in [3.8, 4) is 11.1 Å². The lowest BCUT2D eigenvalue weighted by molar-refractivity contribution is -0.116. The van der Waals surface area contributed by atoms with Crippen LogP contribution in [0.25, 0.3) is 21.3 Å². The fourth-order valence-corrected chi connectivity index (χ4v) is 4.43. The molecule has 0 saturated carbocycles. The highest BCUT2D eigenvalue weighted by Gasteiger charge is 2.17. The van der Waals surface area contributed by atoms with Crippen LogP contribution in [-0.2, 0) is 11.3 Å².